The van der Waals surface area contributed by atoms with Crippen LogP contribution in [0.5, 0.6) is 0 Å². The number of aromatic nitrogens is 2. The predicted molar refractivity (Wildman–Crippen MR) is 85.0 cm³/mol. The van der Waals surface area contributed by atoms with E-state index in [0.29, 0.717) is 11.2 Å². The van der Waals surface area contributed by atoms with Gasteiger partial charge in [0.05, 0.1) is 5.39 Å². The molecule has 21 heavy (non-hydrogen) atoms. The summed E-state index contributed by atoms with van der Waals surface area (Å²) >= 11 is 7.11. The zero-order valence-electron chi connectivity index (χ0n) is 11.7. The summed E-state index contributed by atoms with van der Waals surface area (Å²) in [7, 11) is 0. The molecule has 1 amide bonds. The number of carbonyl (C=O) groups excluding carboxylic acids is 1. The van der Waals surface area contributed by atoms with Gasteiger partial charge in [0.25, 0.3) is 11.5 Å². The Kier molecular flexibility index (Phi) is 3.99. The second-order valence-electron chi connectivity index (χ2n) is 5.21. The Morgan fingerprint density at radius 3 is 2.90 bits per heavy atom. The van der Waals surface area contributed by atoms with Crippen molar-refractivity contribution in [2.45, 2.75) is 39.0 Å². The maximum Gasteiger partial charge on any atom is 0.281 e. The molecule has 0 unspecified atom stereocenters. The Balaban J connectivity index is 2.20. The molecule has 2 aromatic heterocycles. The molecule has 0 fully saturated rings. The lowest BCUT2D eigenvalue weighted by molar-refractivity contribution is -0.114. The Morgan fingerprint density at radius 1 is 1.38 bits per heavy atom. The summed E-state index contributed by atoms with van der Waals surface area (Å²) in [5.41, 5.74) is 3.43. The number of aryl methyl sites for hydroxylation is 3. The number of hydrogen-bond acceptors (Lipinski definition) is 4. The van der Waals surface area contributed by atoms with E-state index in [-0.39, 0.29) is 11.4 Å². The second kappa shape index (κ2) is 5.77. The number of rotatable bonds is 2. The van der Waals surface area contributed by atoms with E-state index < -0.39 is 5.91 Å². The molecule has 2 heterocycles. The maximum absolute atomic E-state index is 12.7. The molecule has 0 aliphatic heterocycles. The second-order valence-corrected chi connectivity index (χ2v) is 6.56. The van der Waals surface area contributed by atoms with Gasteiger partial charge in [0, 0.05) is 4.88 Å². The first kappa shape index (κ1) is 14.5. The fourth-order valence-corrected chi connectivity index (χ4v) is 4.13. The van der Waals surface area contributed by atoms with Crippen LogP contribution < -0.4 is 11.0 Å². The van der Waals surface area contributed by atoms with Crippen molar-refractivity contribution in [3.8, 4) is 0 Å². The Morgan fingerprint density at radius 2 is 2.14 bits per heavy atom. The third-order valence-corrected chi connectivity index (χ3v) is 5.19. The van der Waals surface area contributed by atoms with Crippen molar-refractivity contribution in [2.24, 2.45) is 0 Å². The summed E-state index contributed by atoms with van der Waals surface area (Å²) < 4.78 is 1.21. The standard InChI is InChI=1S/C14H16ClN3O2S/c1-8-16-13-12(14(20)18(8)17-11(19)7-15)9-5-3-2-4-6-10(9)21-13/h2-7H2,1H3,(H,17,19). The van der Waals surface area contributed by atoms with Crippen LogP contribution in [0.15, 0.2) is 4.79 Å². The van der Waals surface area contributed by atoms with Crippen molar-refractivity contribution >= 4 is 39.1 Å². The topological polar surface area (TPSA) is 64.0 Å². The van der Waals surface area contributed by atoms with E-state index in [9.17, 15) is 9.59 Å². The van der Waals surface area contributed by atoms with E-state index in [1.54, 1.807) is 18.3 Å². The summed E-state index contributed by atoms with van der Waals surface area (Å²) in [4.78, 5) is 30.7. The number of thiophene rings is 1. The van der Waals surface area contributed by atoms with Gasteiger partial charge in [-0.2, -0.15) is 0 Å². The van der Waals surface area contributed by atoms with Crippen molar-refractivity contribution < 1.29 is 4.79 Å². The lowest BCUT2D eigenvalue weighted by Crippen LogP contribution is -2.36. The van der Waals surface area contributed by atoms with Gasteiger partial charge in [-0.25, -0.2) is 9.66 Å². The number of fused-ring (bicyclic) bond motifs is 3. The Hall–Kier alpha value is -1.40. The molecule has 7 heteroatoms. The normalized spacial score (nSPS) is 14.8. The molecule has 0 spiro atoms. The van der Waals surface area contributed by atoms with Gasteiger partial charge in [0.2, 0.25) is 0 Å². The molecule has 2 aromatic rings. The molecular formula is C14H16ClN3O2S. The van der Waals surface area contributed by atoms with E-state index >= 15 is 0 Å². The average molecular weight is 326 g/mol. The number of alkyl halides is 1. The van der Waals surface area contributed by atoms with Crippen LogP contribution in [-0.2, 0) is 17.6 Å². The third-order valence-electron chi connectivity index (χ3n) is 3.76. The summed E-state index contributed by atoms with van der Waals surface area (Å²) in [5.74, 6) is -0.127. The molecule has 1 aliphatic rings. The summed E-state index contributed by atoms with van der Waals surface area (Å²) in [6.45, 7) is 1.71. The van der Waals surface area contributed by atoms with Crippen LogP contribution in [0.4, 0.5) is 0 Å². The quantitative estimate of drug-likeness (QED) is 0.681. The van der Waals surface area contributed by atoms with E-state index in [4.69, 9.17) is 11.6 Å². The average Bonchev–Trinajstić information content (AvgIpc) is 2.65. The fraction of sp³-hybridized carbons (Fsp3) is 0.500. The molecule has 5 nitrogen and oxygen atoms in total. The van der Waals surface area contributed by atoms with Gasteiger partial charge >= 0.3 is 0 Å². The molecule has 0 atom stereocenters. The number of amides is 1. The highest BCUT2D eigenvalue weighted by Gasteiger charge is 2.20. The van der Waals surface area contributed by atoms with Crippen molar-refractivity contribution in [1.29, 1.82) is 0 Å². The molecule has 0 saturated carbocycles. The molecule has 0 aromatic carbocycles. The van der Waals surface area contributed by atoms with Crippen LogP contribution in [0.2, 0.25) is 0 Å². The number of halogens is 1. The Labute approximate surface area is 130 Å². The number of nitrogens with zero attached hydrogens (tertiary/aromatic N) is 2. The van der Waals surface area contributed by atoms with Crippen LogP contribution in [0.1, 0.15) is 35.5 Å². The fourth-order valence-electron chi connectivity index (χ4n) is 2.77. The molecule has 0 saturated heterocycles. The molecule has 3 rings (SSSR count). The molecule has 112 valence electrons. The zero-order valence-corrected chi connectivity index (χ0v) is 13.3. The Bertz CT molecular complexity index is 766. The van der Waals surface area contributed by atoms with E-state index in [1.165, 1.54) is 16.0 Å². The molecular weight excluding hydrogens is 310 g/mol. The van der Waals surface area contributed by atoms with Crippen LogP contribution in [-0.4, -0.2) is 21.4 Å². The van der Waals surface area contributed by atoms with E-state index in [2.05, 4.69) is 10.4 Å². The van der Waals surface area contributed by atoms with Gasteiger partial charge in [0.15, 0.2) is 0 Å². The van der Waals surface area contributed by atoms with Crippen molar-refractivity contribution in [1.82, 2.24) is 9.66 Å². The minimum Gasteiger partial charge on any atom is -0.272 e. The number of hydrogen-bond donors (Lipinski definition) is 1. The molecule has 1 N–H and O–H groups in total. The van der Waals surface area contributed by atoms with Crippen LogP contribution in [0, 0.1) is 6.92 Å². The minimum atomic E-state index is -0.413. The monoisotopic (exact) mass is 325 g/mol. The van der Waals surface area contributed by atoms with Crippen LogP contribution >= 0.6 is 22.9 Å². The smallest absolute Gasteiger partial charge is 0.272 e. The van der Waals surface area contributed by atoms with Gasteiger partial charge in [-0.15, -0.1) is 22.9 Å². The number of carbonyl (C=O) groups is 1. The summed E-state index contributed by atoms with van der Waals surface area (Å²) in [6.07, 6.45) is 5.39. The molecule has 0 radical (unpaired) electrons. The largest absolute Gasteiger partial charge is 0.281 e. The van der Waals surface area contributed by atoms with Crippen molar-refractivity contribution in [2.75, 3.05) is 11.3 Å². The van der Waals surface area contributed by atoms with Crippen LogP contribution in [0.25, 0.3) is 10.2 Å². The number of nitrogens with one attached hydrogen (secondary N) is 1. The minimum absolute atomic E-state index is 0.189. The maximum atomic E-state index is 12.7. The highest BCUT2D eigenvalue weighted by molar-refractivity contribution is 7.18. The van der Waals surface area contributed by atoms with E-state index in [1.807, 2.05) is 0 Å². The molecule has 1 aliphatic carbocycles. The lowest BCUT2D eigenvalue weighted by atomic mass is 10.1. The zero-order chi connectivity index (χ0) is 15.0. The van der Waals surface area contributed by atoms with Gasteiger partial charge in [-0.1, -0.05) is 6.42 Å². The third kappa shape index (κ3) is 2.58. The predicted octanol–water partition coefficient (Wildman–Crippen LogP) is 2.34. The first-order valence-corrected chi connectivity index (χ1v) is 8.36. The van der Waals surface area contributed by atoms with Gasteiger partial charge in [-0.05, 0) is 38.2 Å². The van der Waals surface area contributed by atoms with Crippen LogP contribution in [0.3, 0.4) is 0 Å². The first-order valence-electron chi connectivity index (χ1n) is 7.01. The SMILES string of the molecule is Cc1nc2sc3c(c2c(=O)n1NC(=O)CCl)CCCCC3. The highest BCUT2D eigenvalue weighted by atomic mass is 35.5. The van der Waals surface area contributed by atoms with Crippen molar-refractivity contribution in [3.63, 3.8) is 0 Å². The van der Waals surface area contributed by atoms with Gasteiger partial charge < -0.3 is 0 Å². The van der Waals surface area contributed by atoms with E-state index in [0.717, 1.165) is 36.1 Å². The van der Waals surface area contributed by atoms with Gasteiger partial charge in [-0.3, -0.25) is 15.0 Å². The molecule has 0 bridgehead atoms. The summed E-state index contributed by atoms with van der Waals surface area (Å²) in [5, 5.41) is 0.664. The van der Waals surface area contributed by atoms with Crippen molar-refractivity contribution in [3.05, 3.63) is 26.6 Å². The highest BCUT2D eigenvalue weighted by Crippen LogP contribution is 2.32. The lowest BCUT2D eigenvalue weighted by Gasteiger charge is -2.10. The summed E-state index contributed by atoms with van der Waals surface area (Å²) in [6, 6.07) is 0. The first-order chi connectivity index (χ1) is 10.1. The van der Waals surface area contributed by atoms with Gasteiger partial charge in [0.1, 0.15) is 16.5 Å².